The molecule has 3 aromatic rings. The topological polar surface area (TPSA) is 141 Å². The Morgan fingerprint density at radius 1 is 1.14 bits per heavy atom. The van der Waals surface area contributed by atoms with Gasteiger partial charge in [0.15, 0.2) is 0 Å². The molecule has 3 aliphatic rings. The van der Waals surface area contributed by atoms with E-state index in [9.17, 15) is 14.7 Å². The number of fused-ring (bicyclic) bond motifs is 1. The summed E-state index contributed by atoms with van der Waals surface area (Å²) in [5.74, 6) is -0.524. The van der Waals surface area contributed by atoms with Crippen LogP contribution in [0.4, 0.5) is 0 Å². The molecule has 3 heterocycles. The van der Waals surface area contributed by atoms with Gasteiger partial charge in [0, 0.05) is 12.4 Å². The Kier molecular flexibility index (Phi) is 5.45. The molecule has 3 aliphatic carbocycles. The lowest BCUT2D eigenvalue weighted by molar-refractivity contribution is -0.228. The van der Waals surface area contributed by atoms with Crippen LogP contribution in [0.3, 0.4) is 0 Å². The fourth-order valence-corrected chi connectivity index (χ4v) is 6.17. The van der Waals surface area contributed by atoms with Crippen molar-refractivity contribution < 1.29 is 24.3 Å². The highest BCUT2D eigenvalue weighted by atomic mass is 16.7. The molecule has 0 aromatic carbocycles. The first-order valence-corrected chi connectivity index (χ1v) is 12.4. The quantitative estimate of drug-likeness (QED) is 0.411. The highest BCUT2D eigenvalue weighted by Gasteiger charge is 2.60. The summed E-state index contributed by atoms with van der Waals surface area (Å²) >= 11 is 0. The van der Waals surface area contributed by atoms with E-state index in [-0.39, 0.29) is 34.8 Å². The Morgan fingerprint density at radius 2 is 1.94 bits per heavy atom. The van der Waals surface area contributed by atoms with Crippen LogP contribution in [0.5, 0.6) is 5.88 Å². The fourth-order valence-electron chi connectivity index (χ4n) is 6.17. The van der Waals surface area contributed by atoms with Crippen molar-refractivity contribution in [2.75, 3.05) is 0 Å². The first kappa shape index (κ1) is 22.9. The zero-order valence-electron chi connectivity index (χ0n) is 19.8. The van der Waals surface area contributed by atoms with E-state index < -0.39 is 17.6 Å². The third-order valence-electron chi connectivity index (χ3n) is 8.15. The van der Waals surface area contributed by atoms with Gasteiger partial charge in [0.1, 0.15) is 17.8 Å². The van der Waals surface area contributed by atoms with Gasteiger partial charge in [0.25, 0.3) is 11.8 Å². The third kappa shape index (κ3) is 3.90. The number of nitrogens with one attached hydrogen (secondary N) is 1. The van der Waals surface area contributed by atoms with E-state index in [1.54, 1.807) is 29.0 Å². The highest BCUT2D eigenvalue weighted by Crippen LogP contribution is 2.62. The second-order valence-corrected chi connectivity index (χ2v) is 10.6. The van der Waals surface area contributed by atoms with Crippen LogP contribution in [0.15, 0.2) is 48.9 Å². The molecule has 188 valence electrons. The molecule has 1 atom stereocenters. The van der Waals surface area contributed by atoms with Crippen LogP contribution < -0.4 is 16.0 Å². The van der Waals surface area contributed by atoms with Crippen LogP contribution in [0.1, 0.15) is 65.7 Å². The number of ether oxygens (including phenoxy) is 1. The Labute approximate surface area is 207 Å². The summed E-state index contributed by atoms with van der Waals surface area (Å²) in [5, 5.41) is 15.3. The lowest BCUT2D eigenvalue weighted by Crippen LogP contribution is -2.62. The molecule has 6 rings (SSSR count). The number of amides is 2. The molecule has 10 heteroatoms. The van der Waals surface area contributed by atoms with Gasteiger partial charge in [0.05, 0.1) is 22.9 Å². The zero-order valence-corrected chi connectivity index (χ0v) is 19.8. The summed E-state index contributed by atoms with van der Waals surface area (Å²) < 4.78 is 7.60. The number of rotatable bonds is 8. The Hall–Kier alpha value is -3.50. The molecular weight excluding hydrogens is 462 g/mol. The second-order valence-electron chi connectivity index (χ2n) is 10.6. The normalized spacial score (nSPS) is 26.9. The summed E-state index contributed by atoms with van der Waals surface area (Å²) in [6, 6.07) is 8.78. The van der Waals surface area contributed by atoms with Crippen molar-refractivity contribution in [2.24, 2.45) is 17.1 Å². The van der Waals surface area contributed by atoms with Gasteiger partial charge in [-0.1, -0.05) is 6.07 Å². The predicted molar refractivity (Wildman–Crippen MR) is 128 cm³/mol. The van der Waals surface area contributed by atoms with Crippen LogP contribution in [0.25, 0.3) is 5.52 Å². The molecule has 0 bridgehead atoms. The van der Waals surface area contributed by atoms with Crippen LogP contribution in [0.2, 0.25) is 0 Å². The summed E-state index contributed by atoms with van der Waals surface area (Å²) in [7, 11) is 0. The van der Waals surface area contributed by atoms with Gasteiger partial charge < -0.3 is 15.6 Å². The average Bonchev–Trinajstić information content (AvgIpc) is 3.24. The zero-order chi connectivity index (χ0) is 24.9. The highest BCUT2D eigenvalue weighted by molar-refractivity contribution is 6.00. The number of aliphatic hydroxyl groups is 1. The molecule has 10 nitrogen and oxygen atoms in total. The molecular formula is C26H29N5O5. The van der Waals surface area contributed by atoms with E-state index in [1.807, 2.05) is 18.2 Å². The number of pyridine rings is 2. The number of nitrogens with two attached hydrogens (primary N) is 1. The summed E-state index contributed by atoms with van der Waals surface area (Å²) in [4.78, 5) is 34.6. The van der Waals surface area contributed by atoms with Gasteiger partial charge in [-0.3, -0.25) is 14.4 Å². The van der Waals surface area contributed by atoms with Crippen molar-refractivity contribution in [1.29, 1.82) is 0 Å². The Balaban J connectivity index is 1.07. The third-order valence-corrected chi connectivity index (χ3v) is 8.15. The maximum Gasteiger partial charge on any atom is 0.278 e. The van der Waals surface area contributed by atoms with Gasteiger partial charge in [0.2, 0.25) is 5.88 Å². The van der Waals surface area contributed by atoms with Crippen LogP contribution in [-0.2, 0) is 4.84 Å². The number of hydrogen-bond donors (Lipinski definition) is 3. The smallest absolute Gasteiger partial charge is 0.278 e. The minimum Gasteiger partial charge on any atom is -0.474 e. The van der Waals surface area contributed by atoms with Crippen molar-refractivity contribution in [3.63, 3.8) is 0 Å². The molecule has 4 N–H and O–H groups in total. The van der Waals surface area contributed by atoms with E-state index in [0.717, 1.165) is 32.1 Å². The number of carbonyl (C=O) groups is 2. The number of nitrogens with zero attached hydrogens (tertiary/aromatic N) is 3. The number of hydroxylamine groups is 1. The molecule has 3 fully saturated rings. The molecule has 3 aromatic heterocycles. The lowest BCUT2D eigenvalue weighted by Gasteiger charge is -2.60. The van der Waals surface area contributed by atoms with Crippen molar-refractivity contribution in [3.05, 3.63) is 60.0 Å². The first-order chi connectivity index (χ1) is 17.4. The van der Waals surface area contributed by atoms with Gasteiger partial charge >= 0.3 is 0 Å². The van der Waals surface area contributed by atoms with E-state index in [1.165, 1.54) is 6.20 Å². The van der Waals surface area contributed by atoms with Crippen LogP contribution >= 0.6 is 0 Å². The summed E-state index contributed by atoms with van der Waals surface area (Å²) in [6.07, 6.45) is 10.1. The van der Waals surface area contributed by atoms with E-state index >= 15 is 0 Å². The monoisotopic (exact) mass is 491 g/mol. The van der Waals surface area contributed by atoms with Crippen molar-refractivity contribution in [1.82, 2.24) is 20.1 Å². The largest absolute Gasteiger partial charge is 0.474 e. The lowest BCUT2D eigenvalue weighted by atomic mass is 9.48. The van der Waals surface area contributed by atoms with Crippen molar-refractivity contribution >= 4 is 17.3 Å². The Morgan fingerprint density at radius 3 is 2.67 bits per heavy atom. The summed E-state index contributed by atoms with van der Waals surface area (Å²) in [6.45, 7) is 0. The van der Waals surface area contributed by atoms with Crippen molar-refractivity contribution in [3.8, 4) is 5.88 Å². The average molecular weight is 492 g/mol. The standard InChI is InChI=1S/C26H29N5O5/c27-22(32)18-5-3-9-28-24(18)35-17-13-25(14-17)11-16(12-25)21(26(34)7-4-8-26)36-30-23(33)19-15-29-31-10-2-1-6-20(19)31/h1-3,5-6,9-10,15-17,21,34H,4,7-8,11-14H2,(H2,27,32)(H,30,33). The van der Waals surface area contributed by atoms with Crippen LogP contribution in [-0.4, -0.2) is 49.3 Å². The van der Waals surface area contributed by atoms with E-state index in [4.69, 9.17) is 15.3 Å². The minimum absolute atomic E-state index is 0.0274. The number of primary amides is 1. The number of aromatic nitrogens is 3. The van der Waals surface area contributed by atoms with Crippen molar-refractivity contribution in [2.45, 2.75) is 62.8 Å². The molecule has 36 heavy (non-hydrogen) atoms. The van der Waals surface area contributed by atoms with Gasteiger partial charge in [-0.2, -0.15) is 5.10 Å². The summed E-state index contributed by atoms with van der Waals surface area (Å²) in [5.41, 5.74) is 8.62. The molecule has 0 saturated heterocycles. The van der Waals surface area contributed by atoms with Gasteiger partial charge in [-0.05, 0) is 80.5 Å². The second kappa shape index (κ2) is 8.56. The SMILES string of the molecule is NC(=O)c1cccnc1OC1CC2(C1)CC(C(ONC(=O)c1cnn3ccccc13)C1(O)CCC1)C2. The molecule has 1 spiro atoms. The van der Waals surface area contributed by atoms with Gasteiger partial charge in [-0.25, -0.2) is 15.0 Å². The van der Waals surface area contributed by atoms with E-state index in [0.29, 0.717) is 23.9 Å². The molecule has 3 saturated carbocycles. The maximum atomic E-state index is 12.8. The molecule has 0 radical (unpaired) electrons. The number of hydrogen-bond acceptors (Lipinski definition) is 7. The van der Waals surface area contributed by atoms with Gasteiger partial charge in [-0.15, -0.1) is 0 Å². The van der Waals surface area contributed by atoms with E-state index in [2.05, 4.69) is 15.6 Å². The van der Waals surface area contributed by atoms with Crippen LogP contribution in [0, 0.1) is 11.3 Å². The molecule has 1 unspecified atom stereocenters. The Bertz CT molecular complexity index is 1300. The predicted octanol–water partition coefficient (Wildman–Crippen LogP) is 2.41. The first-order valence-electron chi connectivity index (χ1n) is 12.4. The fraction of sp³-hybridized carbons (Fsp3) is 0.462. The maximum absolute atomic E-state index is 12.8. The molecule has 0 aliphatic heterocycles. The minimum atomic E-state index is -0.926. The number of carbonyl (C=O) groups excluding carboxylic acids is 2. The molecule has 2 amide bonds.